The Morgan fingerprint density at radius 2 is 1.81 bits per heavy atom. The van der Waals surface area contributed by atoms with Crippen molar-refractivity contribution < 1.29 is 19.1 Å². The van der Waals surface area contributed by atoms with Gasteiger partial charge in [0.1, 0.15) is 5.75 Å². The summed E-state index contributed by atoms with van der Waals surface area (Å²) >= 11 is 8.82. The molecule has 0 radical (unpaired) electrons. The van der Waals surface area contributed by atoms with Crippen LogP contribution >= 0.6 is 28.1 Å². The molecule has 1 saturated heterocycles. The molecule has 9 heteroatoms. The number of hydrogen-bond acceptors (Lipinski definition) is 5. The van der Waals surface area contributed by atoms with Crippen molar-refractivity contribution in [2.75, 3.05) is 25.1 Å². The molecule has 0 bridgehead atoms. The molecule has 1 aliphatic rings. The number of carbonyl (C=O) groups excluding carboxylic acids is 2. The molecule has 0 spiro atoms. The van der Waals surface area contributed by atoms with E-state index in [1.54, 1.807) is 42.5 Å². The zero-order valence-electron chi connectivity index (χ0n) is 20.2. The lowest BCUT2D eigenvalue weighted by Gasteiger charge is -2.15. The lowest BCUT2D eigenvalue weighted by atomic mass is 10.1. The van der Waals surface area contributed by atoms with Gasteiger partial charge in [-0.3, -0.25) is 14.9 Å². The lowest BCUT2D eigenvalue weighted by Crippen LogP contribution is -2.35. The van der Waals surface area contributed by atoms with Crippen LogP contribution in [0.3, 0.4) is 0 Å². The van der Waals surface area contributed by atoms with Crippen molar-refractivity contribution in [3.05, 3.63) is 94.0 Å². The van der Waals surface area contributed by atoms with Crippen LogP contribution in [0.15, 0.2) is 77.3 Å². The van der Waals surface area contributed by atoms with Crippen LogP contribution in [0.25, 0.3) is 0 Å². The average Bonchev–Trinajstić information content (AvgIpc) is 3.43. The molecule has 0 aromatic heterocycles. The van der Waals surface area contributed by atoms with Crippen LogP contribution in [0.5, 0.6) is 5.75 Å². The molecule has 3 aromatic carbocycles. The lowest BCUT2D eigenvalue weighted by molar-refractivity contribution is 0.0858. The first-order chi connectivity index (χ1) is 18.0. The van der Waals surface area contributed by atoms with Crippen LogP contribution in [0.4, 0.5) is 5.69 Å². The van der Waals surface area contributed by atoms with Gasteiger partial charge in [-0.2, -0.15) is 0 Å². The minimum atomic E-state index is -0.380. The predicted molar refractivity (Wildman–Crippen MR) is 151 cm³/mol. The van der Waals surface area contributed by atoms with Gasteiger partial charge in [-0.05, 0) is 76.9 Å². The number of rotatable bonds is 9. The van der Waals surface area contributed by atoms with Crippen LogP contribution in [-0.4, -0.2) is 42.8 Å². The van der Waals surface area contributed by atoms with Crippen molar-refractivity contribution in [3.8, 4) is 5.75 Å². The molecule has 3 N–H and O–H groups in total. The Hall–Kier alpha value is -3.27. The fourth-order valence-corrected chi connectivity index (χ4v) is 4.60. The van der Waals surface area contributed by atoms with E-state index in [9.17, 15) is 9.59 Å². The SMILES string of the molecule is O=C(NC(=S)Nc1ccccc1C(=O)NCC1CCCO1)c1ccc(OCCc2ccccc2)c(Br)c1. The molecular weight excluding hydrogens is 554 g/mol. The number of hydrogen-bond donors (Lipinski definition) is 3. The highest BCUT2D eigenvalue weighted by molar-refractivity contribution is 9.10. The van der Waals surface area contributed by atoms with Crippen LogP contribution in [0.2, 0.25) is 0 Å². The average molecular weight is 583 g/mol. The summed E-state index contributed by atoms with van der Waals surface area (Å²) in [4.78, 5) is 25.5. The first-order valence-corrected chi connectivity index (χ1v) is 13.3. The van der Waals surface area contributed by atoms with Crippen LogP contribution < -0.4 is 20.7 Å². The summed E-state index contributed by atoms with van der Waals surface area (Å²) in [5, 5.41) is 8.62. The third kappa shape index (κ3) is 7.85. The van der Waals surface area contributed by atoms with E-state index in [0.29, 0.717) is 40.2 Å². The fourth-order valence-electron chi connectivity index (χ4n) is 3.91. The van der Waals surface area contributed by atoms with Gasteiger partial charge in [0, 0.05) is 25.1 Å². The summed E-state index contributed by atoms with van der Waals surface area (Å²) in [5.41, 5.74) is 2.53. The van der Waals surface area contributed by atoms with Gasteiger partial charge >= 0.3 is 0 Å². The number of ether oxygens (including phenoxy) is 2. The maximum Gasteiger partial charge on any atom is 0.257 e. The zero-order valence-corrected chi connectivity index (χ0v) is 22.6. The zero-order chi connectivity index (χ0) is 26.0. The highest BCUT2D eigenvalue weighted by Gasteiger charge is 2.18. The van der Waals surface area contributed by atoms with Crippen molar-refractivity contribution in [2.24, 2.45) is 0 Å². The second kappa shape index (κ2) is 13.3. The van der Waals surface area contributed by atoms with Crippen molar-refractivity contribution >= 4 is 50.8 Å². The molecular formula is C28H28BrN3O4S. The Balaban J connectivity index is 1.30. The minimum absolute atomic E-state index is 0.0458. The van der Waals surface area contributed by atoms with Gasteiger partial charge in [0.05, 0.1) is 28.4 Å². The van der Waals surface area contributed by atoms with Crippen molar-refractivity contribution in [1.29, 1.82) is 0 Å². The number of amides is 2. The number of thiocarbonyl (C=S) groups is 1. The molecule has 4 rings (SSSR count). The topological polar surface area (TPSA) is 88.7 Å². The molecule has 37 heavy (non-hydrogen) atoms. The van der Waals surface area contributed by atoms with Crippen molar-refractivity contribution in [3.63, 3.8) is 0 Å². The second-order valence-corrected chi connectivity index (χ2v) is 9.79. The van der Waals surface area contributed by atoms with E-state index < -0.39 is 0 Å². The Kier molecular flexibility index (Phi) is 9.65. The van der Waals surface area contributed by atoms with Gasteiger partial charge in [-0.25, -0.2) is 0 Å². The van der Waals surface area contributed by atoms with Crippen LogP contribution in [-0.2, 0) is 11.2 Å². The van der Waals surface area contributed by atoms with E-state index in [-0.39, 0.29) is 23.0 Å². The van der Waals surface area contributed by atoms with E-state index in [1.165, 1.54) is 5.56 Å². The van der Waals surface area contributed by atoms with E-state index in [0.717, 1.165) is 25.9 Å². The van der Waals surface area contributed by atoms with E-state index >= 15 is 0 Å². The maximum atomic E-state index is 12.8. The summed E-state index contributed by atoms with van der Waals surface area (Å²) in [6, 6.07) is 22.2. The Labute approximate surface area is 230 Å². The van der Waals surface area contributed by atoms with E-state index in [2.05, 4.69) is 44.0 Å². The molecule has 3 aromatic rings. The number of anilines is 1. The predicted octanol–water partition coefficient (Wildman–Crippen LogP) is 5.11. The van der Waals surface area contributed by atoms with E-state index in [1.807, 2.05) is 18.2 Å². The van der Waals surface area contributed by atoms with Crippen molar-refractivity contribution in [1.82, 2.24) is 10.6 Å². The van der Waals surface area contributed by atoms with Crippen molar-refractivity contribution in [2.45, 2.75) is 25.4 Å². The van der Waals surface area contributed by atoms with E-state index in [4.69, 9.17) is 21.7 Å². The molecule has 1 aliphatic heterocycles. The van der Waals surface area contributed by atoms with Gasteiger partial charge in [0.25, 0.3) is 11.8 Å². The molecule has 192 valence electrons. The summed E-state index contributed by atoms with van der Waals surface area (Å²) in [6.45, 7) is 1.70. The third-order valence-corrected chi connectivity index (χ3v) is 6.67. The standard InChI is InChI=1S/C28H28BrN3O4S/c29-23-17-20(12-13-25(23)36-16-14-19-7-2-1-3-8-19)26(33)32-28(37)31-24-11-5-4-10-22(24)27(34)30-18-21-9-6-15-35-21/h1-5,7-8,10-13,17,21H,6,9,14-16,18H2,(H,30,34)(H2,31,32,33,37). The molecule has 1 unspecified atom stereocenters. The number of nitrogens with one attached hydrogen (secondary N) is 3. The summed E-state index contributed by atoms with van der Waals surface area (Å²) in [5.74, 6) is 0.0324. The van der Waals surface area contributed by atoms with Gasteiger partial charge in [0.2, 0.25) is 0 Å². The maximum absolute atomic E-state index is 12.8. The highest BCUT2D eigenvalue weighted by atomic mass is 79.9. The minimum Gasteiger partial charge on any atom is -0.492 e. The highest BCUT2D eigenvalue weighted by Crippen LogP contribution is 2.26. The molecule has 0 aliphatic carbocycles. The number of benzene rings is 3. The summed E-state index contributed by atoms with van der Waals surface area (Å²) < 4.78 is 12.1. The molecule has 0 saturated carbocycles. The van der Waals surface area contributed by atoms with Gasteiger partial charge in [0.15, 0.2) is 5.11 Å². The Morgan fingerprint density at radius 3 is 2.57 bits per heavy atom. The molecule has 2 amide bonds. The smallest absolute Gasteiger partial charge is 0.257 e. The Morgan fingerprint density at radius 1 is 1.03 bits per heavy atom. The first kappa shape index (κ1) is 26.8. The second-order valence-electron chi connectivity index (χ2n) is 8.53. The Bertz CT molecular complexity index is 1250. The largest absolute Gasteiger partial charge is 0.492 e. The molecule has 7 nitrogen and oxygen atoms in total. The molecule has 1 fully saturated rings. The number of para-hydroxylation sites is 1. The number of halogens is 1. The quantitative estimate of drug-likeness (QED) is 0.304. The van der Waals surface area contributed by atoms with Crippen LogP contribution in [0, 0.1) is 0 Å². The molecule has 1 heterocycles. The molecule has 1 atom stereocenters. The van der Waals surface area contributed by atoms with Gasteiger partial charge in [-0.15, -0.1) is 0 Å². The summed E-state index contributed by atoms with van der Waals surface area (Å²) in [7, 11) is 0. The first-order valence-electron chi connectivity index (χ1n) is 12.1. The monoisotopic (exact) mass is 581 g/mol. The number of carbonyl (C=O) groups is 2. The van der Waals surface area contributed by atoms with Crippen LogP contribution in [0.1, 0.15) is 39.1 Å². The van der Waals surface area contributed by atoms with Gasteiger partial charge < -0.3 is 20.1 Å². The summed E-state index contributed by atoms with van der Waals surface area (Å²) in [6.07, 6.45) is 2.77. The third-order valence-electron chi connectivity index (χ3n) is 5.85. The van der Waals surface area contributed by atoms with Gasteiger partial charge in [-0.1, -0.05) is 42.5 Å². The fraction of sp³-hybridized carbons (Fsp3) is 0.250. The normalized spacial score (nSPS) is 14.6.